The zero-order chi connectivity index (χ0) is 12.0. The maximum atomic E-state index is 11.3. The summed E-state index contributed by atoms with van der Waals surface area (Å²) in [6.45, 7) is 3.06. The summed E-state index contributed by atoms with van der Waals surface area (Å²) >= 11 is 0. The molecule has 4 heteroatoms. The Morgan fingerprint density at radius 1 is 1.50 bits per heavy atom. The van der Waals surface area contributed by atoms with Crippen molar-refractivity contribution in [2.75, 3.05) is 27.2 Å². The third-order valence-corrected chi connectivity index (χ3v) is 2.14. The summed E-state index contributed by atoms with van der Waals surface area (Å²) < 4.78 is 5.49. The van der Waals surface area contributed by atoms with E-state index in [4.69, 9.17) is 4.74 Å². The van der Waals surface area contributed by atoms with Crippen molar-refractivity contribution in [2.24, 2.45) is 0 Å². The third-order valence-electron chi connectivity index (χ3n) is 2.14. The minimum absolute atomic E-state index is 0.0179. The summed E-state index contributed by atoms with van der Waals surface area (Å²) in [4.78, 5) is 17.4. The zero-order valence-corrected chi connectivity index (χ0v) is 10.1. The van der Waals surface area contributed by atoms with Gasteiger partial charge < -0.3 is 9.64 Å². The number of rotatable bonds is 6. The van der Waals surface area contributed by atoms with Gasteiger partial charge >= 0.3 is 0 Å². The van der Waals surface area contributed by atoms with Crippen LogP contribution in [0.2, 0.25) is 0 Å². The Labute approximate surface area is 96.2 Å². The van der Waals surface area contributed by atoms with Gasteiger partial charge in [0.1, 0.15) is 0 Å². The van der Waals surface area contributed by atoms with E-state index in [2.05, 4.69) is 9.88 Å². The molecule has 88 valence electrons. The molecular weight excluding hydrogens is 204 g/mol. The molecule has 1 aromatic rings. The molecule has 0 amide bonds. The van der Waals surface area contributed by atoms with Gasteiger partial charge in [0.05, 0.1) is 12.2 Å². The lowest BCUT2D eigenvalue weighted by Gasteiger charge is -2.11. The Hall–Kier alpha value is -1.42. The predicted molar refractivity (Wildman–Crippen MR) is 62.9 cm³/mol. The lowest BCUT2D eigenvalue weighted by atomic mass is 10.2. The van der Waals surface area contributed by atoms with Crippen LogP contribution in [0.3, 0.4) is 0 Å². The number of carbonyl (C=O) groups is 1. The fourth-order valence-corrected chi connectivity index (χ4v) is 1.32. The van der Waals surface area contributed by atoms with Crippen LogP contribution in [0.4, 0.5) is 0 Å². The van der Waals surface area contributed by atoms with E-state index < -0.39 is 0 Å². The fraction of sp³-hybridized carbons (Fsp3) is 0.500. The average molecular weight is 222 g/mol. The number of aromatic nitrogens is 1. The van der Waals surface area contributed by atoms with Crippen LogP contribution < -0.4 is 4.74 Å². The van der Waals surface area contributed by atoms with Crippen LogP contribution in [-0.4, -0.2) is 42.9 Å². The molecule has 16 heavy (non-hydrogen) atoms. The van der Waals surface area contributed by atoms with Crippen molar-refractivity contribution in [1.29, 1.82) is 0 Å². The van der Waals surface area contributed by atoms with Gasteiger partial charge in [-0.3, -0.25) is 4.79 Å². The van der Waals surface area contributed by atoms with Crippen molar-refractivity contribution in [1.82, 2.24) is 9.88 Å². The normalized spacial score (nSPS) is 10.5. The average Bonchev–Trinajstić information content (AvgIpc) is 2.24. The summed E-state index contributed by atoms with van der Waals surface area (Å²) in [7, 11) is 4.03. The molecule has 0 saturated carbocycles. The van der Waals surface area contributed by atoms with Gasteiger partial charge in [-0.1, -0.05) is 0 Å². The summed E-state index contributed by atoms with van der Waals surface area (Å²) in [5.41, 5.74) is 0.548. The van der Waals surface area contributed by atoms with Crippen molar-refractivity contribution in [3.8, 4) is 5.88 Å². The molecule has 0 fully saturated rings. The van der Waals surface area contributed by atoms with Crippen molar-refractivity contribution in [2.45, 2.75) is 13.3 Å². The van der Waals surface area contributed by atoms with Gasteiger partial charge in [0, 0.05) is 12.7 Å². The molecule has 0 atom stereocenters. The highest BCUT2D eigenvalue weighted by molar-refractivity contribution is 5.96. The van der Waals surface area contributed by atoms with Crippen molar-refractivity contribution >= 4 is 5.78 Å². The van der Waals surface area contributed by atoms with E-state index in [0.29, 0.717) is 18.1 Å². The molecule has 4 nitrogen and oxygen atoms in total. The smallest absolute Gasteiger partial charge is 0.224 e. The second-order valence-corrected chi connectivity index (χ2v) is 3.92. The van der Waals surface area contributed by atoms with Crippen molar-refractivity contribution in [3.05, 3.63) is 23.9 Å². The van der Waals surface area contributed by atoms with Gasteiger partial charge in [0.2, 0.25) is 5.88 Å². The van der Waals surface area contributed by atoms with E-state index >= 15 is 0 Å². The van der Waals surface area contributed by atoms with E-state index in [0.717, 1.165) is 13.0 Å². The molecule has 0 bridgehead atoms. The van der Waals surface area contributed by atoms with E-state index in [1.54, 1.807) is 18.3 Å². The summed E-state index contributed by atoms with van der Waals surface area (Å²) in [5.74, 6) is 0.421. The van der Waals surface area contributed by atoms with Gasteiger partial charge in [-0.15, -0.1) is 0 Å². The first-order valence-corrected chi connectivity index (χ1v) is 5.34. The van der Waals surface area contributed by atoms with Gasteiger partial charge in [0.15, 0.2) is 5.78 Å². The Kier molecular flexibility index (Phi) is 4.92. The molecule has 1 heterocycles. The maximum Gasteiger partial charge on any atom is 0.224 e. The molecule has 1 aromatic heterocycles. The highest BCUT2D eigenvalue weighted by atomic mass is 16.5. The second kappa shape index (κ2) is 6.23. The molecule has 1 rings (SSSR count). The summed E-state index contributed by atoms with van der Waals surface area (Å²) in [6, 6.07) is 3.47. The molecule has 0 aliphatic carbocycles. The molecule has 0 aromatic carbocycles. The lowest BCUT2D eigenvalue weighted by Crippen LogP contribution is -2.16. The van der Waals surface area contributed by atoms with E-state index in [9.17, 15) is 4.79 Å². The topological polar surface area (TPSA) is 42.4 Å². The van der Waals surface area contributed by atoms with Gasteiger partial charge in [0.25, 0.3) is 0 Å². The first-order chi connectivity index (χ1) is 7.61. The Morgan fingerprint density at radius 2 is 2.25 bits per heavy atom. The first kappa shape index (κ1) is 12.6. The highest BCUT2D eigenvalue weighted by Crippen LogP contribution is 2.14. The number of carbonyl (C=O) groups excluding carboxylic acids is 1. The second-order valence-electron chi connectivity index (χ2n) is 3.92. The highest BCUT2D eigenvalue weighted by Gasteiger charge is 2.08. The largest absolute Gasteiger partial charge is 0.477 e. The molecular formula is C12H18N2O2. The van der Waals surface area contributed by atoms with E-state index in [1.807, 2.05) is 14.1 Å². The van der Waals surface area contributed by atoms with Crippen molar-refractivity contribution in [3.63, 3.8) is 0 Å². The predicted octanol–water partition coefficient (Wildman–Crippen LogP) is 1.61. The molecule has 0 aliphatic rings. The third kappa shape index (κ3) is 3.98. The van der Waals surface area contributed by atoms with Crippen LogP contribution in [0.15, 0.2) is 18.3 Å². The van der Waals surface area contributed by atoms with Crippen molar-refractivity contribution < 1.29 is 9.53 Å². The van der Waals surface area contributed by atoms with Crippen LogP contribution in [0, 0.1) is 0 Å². The zero-order valence-electron chi connectivity index (χ0n) is 10.1. The first-order valence-electron chi connectivity index (χ1n) is 5.34. The van der Waals surface area contributed by atoms with Crippen LogP contribution in [0.5, 0.6) is 5.88 Å². The lowest BCUT2D eigenvalue weighted by molar-refractivity contribution is 0.101. The van der Waals surface area contributed by atoms with Crippen LogP contribution in [0.1, 0.15) is 23.7 Å². The number of ether oxygens (including phenoxy) is 1. The SMILES string of the molecule is CC(=O)c1cccnc1OCCCN(C)C. The quantitative estimate of drug-likeness (QED) is 0.542. The molecule has 0 aliphatic heterocycles. The number of Topliss-reactive ketones (excluding diaryl/α,β-unsaturated/α-hetero) is 1. The molecule has 0 N–H and O–H groups in total. The number of ketones is 1. The monoisotopic (exact) mass is 222 g/mol. The Morgan fingerprint density at radius 3 is 2.88 bits per heavy atom. The van der Waals surface area contributed by atoms with Gasteiger partial charge in [-0.05, 0) is 39.6 Å². The fourth-order valence-electron chi connectivity index (χ4n) is 1.32. The molecule has 0 saturated heterocycles. The molecule has 0 spiro atoms. The van der Waals surface area contributed by atoms with E-state index in [-0.39, 0.29) is 5.78 Å². The molecule has 0 unspecified atom stereocenters. The maximum absolute atomic E-state index is 11.3. The minimum atomic E-state index is -0.0179. The van der Waals surface area contributed by atoms with E-state index in [1.165, 1.54) is 6.92 Å². The Balaban J connectivity index is 2.50. The Bertz CT molecular complexity index is 351. The number of pyridine rings is 1. The van der Waals surface area contributed by atoms with Crippen LogP contribution >= 0.6 is 0 Å². The standard InChI is InChI=1S/C12H18N2O2/c1-10(15)11-6-4-7-13-12(11)16-9-5-8-14(2)3/h4,6-7H,5,8-9H2,1-3H3. The van der Waals surface area contributed by atoms with Gasteiger partial charge in [-0.25, -0.2) is 4.98 Å². The summed E-state index contributed by atoms with van der Waals surface area (Å²) in [6.07, 6.45) is 2.55. The molecule has 0 radical (unpaired) electrons. The van der Waals surface area contributed by atoms with Gasteiger partial charge in [-0.2, -0.15) is 0 Å². The number of hydrogen-bond donors (Lipinski definition) is 0. The van der Waals surface area contributed by atoms with Crippen LogP contribution in [-0.2, 0) is 0 Å². The number of hydrogen-bond acceptors (Lipinski definition) is 4. The minimum Gasteiger partial charge on any atom is -0.477 e. The number of nitrogens with zero attached hydrogens (tertiary/aromatic N) is 2. The summed E-state index contributed by atoms with van der Waals surface area (Å²) in [5, 5.41) is 0. The van der Waals surface area contributed by atoms with Crippen LogP contribution in [0.25, 0.3) is 0 Å².